The van der Waals surface area contributed by atoms with E-state index in [1.165, 1.54) is 0 Å². The molecule has 7 heteroatoms. The SMILES string of the molecule is CCc1ccc2cc1OCCN(C(=O)C1CC1)CCNc1ccn3ncc-2c3n1. The predicted molar refractivity (Wildman–Crippen MR) is 111 cm³/mol. The van der Waals surface area contributed by atoms with E-state index in [0.29, 0.717) is 26.2 Å². The van der Waals surface area contributed by atoms with E-state index in [9.17, 15) is 4.79 Å². The van der Waals surface area contributed by atoms with Gasteiger partial charge in [-0.1, -0.05) is 19.1 Å². The van der Waals surface area contributed by atoms with Crippen molar-refractivity contribution < 1.29 is 9.53 Å². The quantitative estimate of drug-likeness (QED) is 0.727. The van der Waals surface area contributed by atoms with Gasteiger partial charge in [0.1, 0.15) is 18.2 Å². The number of amides is 1. The Kier molecular flexibility index (Phi) is 4.58. The number of carbonyl (C=O) groups excluding carboxylic acids is 1. The summed E-state index contributed by atoms with van der Waals surface area (Å²) in [7, 11) is 0. The first kappa shape index (κ1) is 18.0. The fourth-order valence-corrected chi connectivity index (χ4v) is 3.82. The molecule has 0 saturated heterocycles. The number of fused-ring (bicyclic) bond motifs is 4. The molecule has 3 aromatic rings. The van der Waals surface area contributed by atoms with Crippen molar-refractivity contribution in [1.82, 2.24) is 19.5 Å². The van der Waals surface area contributed by atoms with Crippen LogP contribution in [0, 0.1) is 5.92 Å². The summed E-state index contributed by atoms with van der Waals surface area (Å²) >= 11 is 0. The molecule has 1 saturated carbocycles. The number of nitrogens with one attached hydrogen (secondary N) is 1. The number of nitrogens with zero attached hydrogens (tertiary/aromatic N) is 4. The van der Waals surface area contributed by atoms with Crippen LogP contribution < -0.4 is 10.1 Å². The molecule has 2 aromatic heterocycles. The maximum absolute atomic E-state index is 12.7. The third-order valence-corrected chi connectivity index (χ3v) is 5.67. The van der Waals surface area contributed by atoms with E-state index in [1.54, 1.807) is 4.52 Å². The highest BCUT2D eigenvalue weighted by Crippen LogP contribution is 2.32. The molecule has 0 atom stereocenters. The van der Waals surface area contributed by atoms with Crippen LogP contribution in [0.3, 0.4) is 0 Å². The van der Waals surface area contributed by atoms with Crippen LogP contribution in [-0.2, 0) is 11.2 Å². The third-order valence-electron chi connectivity index (χ3n) is 5.67. The first-order valence-electron chi connectivity index (χ1n) is 10.4. The van der Waals surface area contributed by atoms with E-state index < -0.39 is 0 Å². The van der Waals surface area contributed by atoms with Gasteiger partial charge >= 0.3 is 0 Å². The van der Waals surface area contributed by atoms with Gasteiger partial charge in [0, 0.05) is 30.8 Å². The Labute approximate surface area is 169 Å². The minimum atomic E-state index is 0.201. The highest BCUT2D eigenvalue weighted by Gasteiger charge is 2.33. The van der Waals surface area contributed by atoms with Crippen LogP contribution in [0.5, 0.6) is 5.75 Å². The Morgan fingerprint density at radius 2 is 2.17 bits per heavy atom. The summed E-state index contributed by atoms with van der Waals surface area (Å²) in [6.45, 7) is 4.49. The van der Waals surface area contributed by atoms with Crippen molar-refractivity contribution in [2.75, 3.05) is 31.6 Å². The highest BCUT2D eigenvalue weighted by molar-refractivity contribution is 5.81. The third kappa shape index (κ3) is 3.52. The first-order valence-corrected chi connectivity index (χ1v) is 10.4. The Morgan fingerprint density at radius 3 is 3.00 bits per heavy atom. The van der Waals surface area contributed by atoms with E-state index in [2.05, 4.69) is 35.5 Å². The minimum Gasteiger partial charge on any atom is -0.491 e. The van der Waals surface area contributed by atoms with Gasteiger partial charge in [0.25, 0.3) is 0 Å². The molecule has 0 unspecified atom stereocenters. The topological polar surface area (TPSA) is 71.8 Å². The smallest absolute Gasteiger partial charge is 0.225 e. The molecule has 0 spiro atoms. The molecule has 29 heavy (non-hydrogen) atoms. The number of aryl methyl sites for hydroxylation is 1. The standard InChI is InChI=1S/C22H25N5O2/c1-2-15-3-6-17-13-19(15)29-12-11-26(22(28)16-4-5-16)10-8-23-20-7-9-27-21(25-20)18(17)14-24-27/h3,6-7,9,13-14,16H,2,4-5,8,10-12H2,1H3,(H,23,25). The van der Waals surface area contributed by atoms with Crippen LogP contribution in [0.4, 0.5) is 5.82 Å². The molecule has 1 aromatic carbocycles. The number of hydrogen-bond donors (Lipinski definition) is 1. The van der Waals surface area contributed by atoms with E-state index in [-0.39, 0.29) is 11.8 Å². The maximum Gasteiger partial charge on any atom is 0.225 e. The minimum absolute atomic E-state index is 0.201. The van der Waals surface area contributed by atoms with E-state index in [4.69, 9.17) is 9.72 Å². The van der Waals surface area contributed by atoms with Gasteiger partial charge < -0.3 is 15.0 Å². The van der Waals surface area contributed by atoms with E-state index in [1.807, 2.05) is 23.4 Å². The number of benzene rings is 1. The Morgan fingerprint density at radius 1 is 1.28 bits per heavy atom. The molecule has 150 valence electrons. The fraction of sp³-hybridized carbons (Fsp3) is 0.409. The molecule has 7 nitrogen and oxygen atoms in total. The molecule has 1 aliphatic carbocycles. The van der Waals surface area contributed by atoms with Crippen molar-refractivity contribution in [3.8, 4) is 16.9 Å². The van der Waals surface area contributed by atoms with E-state index in [0.717, 1.165) is 53.2 Å². The molecule has 1 fully saturated rings. The van der Waals surface area contributed by atoms with Crippen molar-refractivity contribution >= 4 is 17.4 Å². The molecule has 3 heterocycles. The maximum atomic E-state index is 12.7. The van der Waals surface area contributed by atoms with Crippen LogP contribution in [0.1, 0.15) is 25.3 Å². The van der Waals surface area contributed by atoms with Crippen molar-refractivity contribution in [1.29, 1.82) is 0 Å². The molecule has 1 aliphatic heterocycles. The van der Waals surface area contributed by atoms with Gasteiger partial charge in [0.05, 0.1) is 12.7 Å². The van der Waals surface area contributed by atoms with Gasteiger partial charge in [-0.15, -0.1) is 0 Å². The van der Waals surface area contributed by atoms with Crippen LogP contribution >= 0.6 is 0 Å². The number of rotatable bonds is 2. The van der Waals surface area contributed by atoms with Crippen molar-refractivity contribution in [2.24, 2.45) is 5.92 Å². The lowest BCUT2D eigenvalue weighted by Crippen LogP contribution is -2.39. The molecule has 1 amide bonds. The zero-order valence-electron chi connectivity index (χ0n) is 16.6. The number of aromatic nitrogens is 3. The number of carbonyl (C=O) groups is 1. The Bertz CT molecular complexity index is 1060. The van der Waals surface area contributed by atoms with Crippen LogP contribution in [0.15, 0.2) is 36.7 Å². The van der Waals surface area contributed by atoms with Gasteiger partial charge in [-0.05, 0) is 42.5 Å². The number of ether oxygens (including phenoxy) is 1. The zero-order valence-corrected chi connectivity index (χ0v) is 16.6. The van der Waals surface area contributed by atoms with Gasteiger partial charge in [-0.3, -0.25) is 4.79 Å². The molecule has 1 N–H and O–H groups in total. The lowest BCUT2D eigenvalue weighted by atomic mass is 10.0. The summed E-state index contributed by atoms with van der Waals surface area (Å²) < 4.78 is 7.94. The summed E-state index contributed by atoms with van der Waals surface area (Å²) in [5.41, 5.74) is 3.96. The largest absolute Gasteiger partial charge is 0.491 e. The summed E-state index contributed by atoms with van der Waals surface area (Å²) in [6, 6.07) is 8.18. The first-order chi connectivity index (χ1) is 14.2. The second kappa shape index (κ2) is 7.39. The molecule has 0 radical (unpaired) electrons. The monoisotopic (exact) mass is 391 g/mol. The van der Waals surface area contributed by atoms with E-state index >= 15 is 0 Å². The average molecular weight is 391 g/mol. The highest BCUT2D eigenvalue weighted by atomic mass is 16.5. The lowest BCUT2D eigenvalue weighted by molar-refractivity contribution is -0.132. The van der Waals surface area contributed by atoms with Crippen LogP contribution in [0.25, 0.3) is 16.8 Å². The Hall–Kier alpha value is -3.09. The molecular formula is C22H25N5O2. The second-order valence-corrected chi connectivity index (χ2v) is 7.69. The summed E-state index contributed by atoms with van der Waals surface area (Å²) in [6.07, 6.45) is 6.66. The molecule has 4 bridgehead atoms. The normalized spacial score (nSPS) is 16.9. The average Bonchev–Trinajstić information content (AvgIpc) is 3.51. The van der Waals surface area contributed by atoms with Crippen molar-refractivity contribution in [3.05, 3.63) is 42.2 Å². The van der Waals surface area contributed by atoms with Gasteiger partial charge in [0.15, 0.2) is 5.65 Å². The predicted octanol–water partition coefficient (Wildman–Crippen LogP) is 3.00. The number of anilines is 1. The summed E-state index contributed by atoms with van der Waals surface area (Å²) in [5, 5.41) is 7.80. The lowest BCUT2D eigenvalue weighted by Gasteiger charge is -2.24. The summed E-state index contributed by atoms with van der Waals surface area (Å²) in [4.78, 5) is 19.4. The fourth-order valence-electron chi connectivity index (χ4n) is 3.82. The van der Waals surface area contributed by atoms with Crippen LogP contribution in [0.2, 0.25) is 0 Å². The summed E-state index contributed by atoms with van der Waals surface area (Å²) in [5.74, 6) is 2.10. The number of hydrogen-bond acceptors (Lipinski definition) is 5. The molecule has 2 aliphatic rings. The molecular weight excluding hydrogens is 366 g/mol. The van der Waals surface area contributed by atoms with Gasteiger partial charge in [-0.25, -0.2) is 9.50 Å². The Balaban J connectivity index is 1.54. The van der Waals surface area contributed by atoms with Crippen molar-refractivity contribution in [3.63, 3.8) is 0 Å². The van der Waals surface area contributed by atoms with Crippen molar-refractivity contribution in [2.45, 2.75) is 26.2 Å². The zero-order chi connectivity index (χ0) is 19.8. The second-order valence-electron chi connectivity index (χ2n) is 7.69. The molecule has 5 rings (SSSR count). The van der Waals surface area contributed by atoms with Crippen LogP contribution in [-0.4, -0.2) is 51.6 Å². The van der Waals surface area contributed by atoms with Gasteiger partial charge in [0.2, 0.25) is 5.91 Å². The van der Waals surface area contributed by atoms with Gasteiger partial charge in [-0.2, -0.15) is 5.10 Å².